The van der Waals surface area contributed by atoms with Crippen molar-refractivity contribution in [3.8, 4) is 0 Å². The Morgan fingerprint density at radius 1 is 1.25 bits per heavy atom. The second kappa shape index (κ2) is 7.32. The van der Waals surface area contributed by atoms with Crippen LogP contribution in [0.2, 0.25) is 0 Å². The van der Waals surface area contributed by atoms with Crippen LogP contribution in [0.1, 0.15) is 45.2 Å². The van der Waals surface area contributed by atoms with Gasteiger partial charge in [-0.05, 0) is 46.1 Å². The third-order valence-corrected chi connectivity index (χ3v) is 2.90. The second-order valence-corrected chi connectivity index (χ2v) is 6.21. The average Bonchev–Trinajstić information content (AvgIpc) is 2.32. The van der Waals surface area contributed by atoms with Gasteiger partial charge in [-0.3, -0.25) is 0 Å². The normalized spacial score (nSPS) is 11.2. The maximum Gasteiger partial charge on any atom is 0.410 e. The van der Waals surface area contributed by atoms with Gasteiger partial charge in [0.25, 0.3) is 0 Å². The third kappa shape index (κ3) is 6.09. The molecule has 1 amide bonds. The summed E-state index contributed by atoms with van der Waals surface area (Å²) in [6.45, 7) is 11.3. The number of ether oxygens (including phenoxy) is 1. The first-order chi connectivity index (χ1) is 9.31. The van der Waals surface area contributed by atoms with Gasteiger partial charge in [-0.25, -0.2) is 4.79 Å². The molecule has 20 heavy (non-hydrogen) atoms. The lowest BCUT2D eigenvalue weighted by Gasteiger charge is -2.27. The van der Waals surface area contributed by atoms with Crippen LogP contribution in [-0.4, -0.2) is 29.7 Å². The van der Waals surface area contributed by atoms with Gasteiger partial charge in [-0.2, -0.15) is 0 Å². The van der Waals surface area contributed by atoms with E-state index in [1.165, 1.54) is 11.1 Å². The summed E-state index contributed by atoms with van der Waals surface area (Å²) in [7, 11) is 0. The molecule has 0 bridgehead atoms. The van der Waals surface area contributed by atoms with Gasteiger partial charge >= 0.3 is 6.09 Å². The number of amides is 1. The molecule has 1 rings (SSSR count). The summed E-state index contributed by atoms with van der Waals surface area (Å²) in [5.74, 6) is 0. The quantitative estimate of drug-likeness (QED) is 0.808. The Kier molecular flexibility index (Phi) is 6.05. The van der Waals surface area contributed by atoms with Crippen LogP contribution in [0.15, 0.2) is 24.3 Å². The Morgan fingerprint density at radius 3 is 2.50 bits per heavy atom. The van der Waals surface area contributed by atoms with Crippen LogP contribution in [0.25, 0.3) is 0 Å². The molecule has 0 saturated carbocycles. The predicted octanol–water partition coefficient (Wildman–Crippen LogP) is 4.18. The van der Waals surface area contributed by atoms with Crippen LogP contribution in [-0.2, 0) is 11.2 Å². The fourth-order valence-electron chi connectivity index (χ4n) is 2.02. The number of carbonyl (C=O) groups is 1. The van der Waals surface area contributed by atoms with Crippen molar-refractivity contribution < 1.29 is 9.53 Å². The van der Waals surface area contributed by atoms with E-state index < -0.39 is 5.60 Å². The van der Waals surface area contributed by atoms with E-state index in [4.69, 9.17) is 4.74 Å². The monoisotopic (exact) mass is 277 g/mol. The number of aryl methyl sites for hydroxylation is 1. The Hall–Kier alpha value is -1.51. The Labute approximate surface area is 122 Å². The maximum atomic E-state index is 12.1. The largest absolute Gasteiger partial charge is 0.444 e. The van der Waals surface area contributed by atoms with E-state index in [9.17, 15) is 4.79 Å². The molecular weight excluding hydrogens is 250 g/mol. The van der Waals surface area contributed by atoms with Crippen molar-refractivity contribution in [2.24, 2.45) is 0 Å². The number of carbonyl (C=O) groups excluding carboxylic acids is 1. The minimum Gasteiger partial charge on any atom is -0.444 e. The van der Waals surface area contributed by atoms with E-state index in [-0.39, 0.29) is 6.09 Å². The molecule has 0 heterocycles. The highest BCUT2D eigenvalue weighted by Gasteiger charge is 2.21. The molecule has 0 atom stereocenters. The summed E-state index contributed by atoms with van der Waals surface area (Å²) < 4.78 is 5.45. The number of hydrogen-bond acceptors (Lipinski definition) is 2. The highest BCUT2D eigenvalue weighted by Crippen LogP contribution is 2.12. The minimum atomic E-state index is -0.438. The zero-order valence-corrected chi connectivity index (χ0v) is 13.4. The lowest BCUT2D eigenvalue weighted by molar-refractivity contribution is 0.0252. The van der Waals surface area contributed by atoms with Gasteiger partial charge in [0.2, 0.25) is 0 Å². The van der Waals surface area contributed by atoms with Crippen molar-refractivity contribution >= 4 is 6.09 Å². The van der Waals surface area contributed by atoms with Gasteiger partial charge < -0.3 is 9.64 Å². The van der Waals surface area contributed by atoms with Gasteiger partial charge in [-0.1, -0.05) is 36.8 Å². The Balaban J connectivity index is 2.61. The average molecular weight is 277 g/mol. The molecule has 0 radical (unpaired) electrons. The summed E-state index contributed by atoms with van der Waals surface area (Å²) in [5, 5.41) is 0. The summed E-state index contributed by atoms with van der Waals surface area (Å²) in [6.07, 6.45) is 1.58. The van der Waals surface area contributed by atoms with E-state index in [2.05, 4.69) is 38.1 Å². The van der Waals surface area contributed by atoms with Crippen molar-refractivity contribution in [1.82, 2.24) is 4.90 Å². The first-order valence-electron chi connectivity index (χ1n) is 7.35. The summed E-state index contributed by atoms with van der Waals surface area (Å²) in [5.41, 5.74) is 2.07. The smallest absolute Gasteiger partial charge is 0.410 e. The number of rotatable bonds is 5. The first-order valence-corrected chi connectivity index (χ1v) is 7.35. The van der Waals surface area contributed by atoms with Crippen molar-refractivity contribution in [3.63, 3.8) is 0 Å². The predicted molar refractivity (Wildman–Crippen MR) is 83.0 cm³/mol. The van der Waals surface area contributed by atoms with Crippen LogP contribution in [0.3, 0.4) is 0 Å². The van der Waals surface area contributed by atoms with E-state index in [0.29, 0.717) is 6.54 Å². The molecule has 0 saturated heterocycles. The van der Waals surface area contributed by atoms with Crippen molar-refractivity contribution in [2.45, 2.75) is 53.1 Å². The molecule has 0 N–H and O–H groups in total. The van der Waals surface area contributed by atoms with Gasteiger partial charge in [0.05, 0.1) is 0 Å². The fourth-order valence-corrected chi connectivity index (χ4v) is 2.02. The van der Waals surface area contributed by atoms with Crippen LogP contribution >= 0.6 is 0 Å². The summed E-state index contributed by atoms with van der Waals surface area (Å²) in [4.78, 5) is 13.9. The van der Waals surface area contributed by atoms with Gasteiger partial charge in [0.1, 0.15) is 5.60 Å². The molecule has 0 aliphatic rings. The molecule has 3 nitrogen and oxygen atoms in total. The molecule has 1 aromatic carbocycles. The van der Waals surface area contributed by atoms with Gasteiger partial charge in [-0.15, -0.1) is 0 Å². The SMILES string of the molecule is CCCN(CCc1cccc(C)c1)C(=O)OC(C)(C)C. The zero-order chi connectivity index (χ0) is 15.2. The molecule has 3 heteroatoms. The Bertz CT molecular complexity index is 435. The number of nitrogens with zero attached hydrogens (tertiary/aromatic N) is 1. The van der Waals surface area contributed by atoms with Crippen LogP contribution in [0.5, 0.6) is 0 Å². The van der Waals surface area contributed by atoms with Gasteiger partial charge in [0, 0.05) is 13.1 Å². The molecule has 1 aromatic rings. The van der Waals surface area contributed by atoms with Crippen LogP contribution in [0.4, 0.5) is 4.79 Å². The minimum absolute atomic E-state index is 0.216. The highest BCUT2D eigenvalue weighted by molar-refractivity contribution is 5.68. The molecule has 0 aromatic heterocycles. The third-order valence-electron chi connectivity index (χ3n) is 2.90. The van der Waals surface area contributed by atoms with Gasteiger partial charge in [0.15, 0.2) is 0 Å². The van der Waals surface area contributed by atoms with E-state index in [0.717, 1.165) is 19.4 Å². The maximum absolute atomic E-state index is 12.1. The van der Waals surface area contributed by atoms with Crippen molar-refractivity contribution in [2.75, 3.05) is 13.1 Å². The summed E-state index contributed by atoms with van der Waals surface area (Å²) in [6, 6.07) is 8.41. The van der Waals surface area contributed by atoms with Crippen LogP contribution < -0.4 is 0 Å². The lowest BCUT2D eigenvalue weighted by atomic mass is 10.1. The fraction of sp³-hybridized carbons (Fsp3) is 0.588. The zero-order valence-electron chi connectivity index (χ0n) is 13.4. The molecule has 0 spiro atoms. The second-order valence-electron chi connectivity index (χ2n) is 6.21. The van der Waals surface area contributed by atoms with E-state index in [1.807, 2.05) is 20.8 Å². The Morgan fingerprint density at radius 2 is 1.95 bits per heavy atom. The van der Waals surface area contributed by atoms with Crippen LogP contribution in [0, 0.1) is 6.92 Å². The topological polar surface area (TPSA) is 29.5 Å². The molecule has 112 valence electrons. The molecule has 0 aliphatic heterocycles. The lowest BCUT2D eigenvalue weighted by Crippen LogP contribution is -2.38. The van der Waals surface area contributed by atoms with Crippen molar-refractivity contribution in [1.29, 1.82) is 0 Å². The number of benzene rings is 1. The molecule has 0 unspecified atom stereocenters. The summed E-state index contributed by atoms with van der Waals surface area (Å²) >= 11 is 0. The highest BCUT2D eigenvalue weighted by atomic mass is 16.6. The molecular formula is C17H27NO2. The first kappa shape index (κ1) is 16.5. The van der Waals surface area contributed by atoms with E-state index >= 15 is 0 Å². The molecule has 0 fully saturated rings. The van der Waals surface area contributed by atoms with Crippen molar-refractivity contribution in [3.05, 3.63) is 35.4 Å². The molecule has 0 aliphatic carbocycles. The number of hydrogen-bond donors (Lipinski definition) is 0. The standard InChI is InChI=1S/C17H27NO2/c1-6-11-18(16(19)20-17(3,4)5)12-10-15-9-7-8-14(2)13-15/h7-9,13H,6,10-12H2,1-5H3. The van der Waals surface area contributed by atoms with E-state index in [1.54, 1.807) is 4.90 Å².